The van der Waals surface area contributed by atoms with E-state index in [1.165, 1.54) is 9.80 Å². The second-order valence-corrected chi connectivity index (χ2v) is 13.9. The van der Waals surface area contributed by atoms with Crippen LogP contribution < -0.4 is 11.1 Å². The summed E-state index contributed by atoms with van der Waals surface area (Å²) in [5.74, 6) is -0.220. The van der Waals surface area contributed by atoms with Crippen molar-refractivity contribution in [1.82, 2.24) is 29.7 Å². The monoisotopic (exact) mass is 653 g/mol. The van der Waals surface area contributed by atoms with Crippen LogP contribution in [0.2, 0.25) is 0 Å². The average molecular weight is 654 g/mol. The summed E-state index contributed by atoms with van der Waals surface area (Å²) in [6, 6.07) is 13.2. The van der Waals surface area contributed by atoms with Crippen LogP contribution in [0.4, 0.5) is 0 Å². The normalized spacial score (nSPS) is 20.3. The van der Waals surface area contributed by atoms with Crippen molar-refractivity contribution in [3.8, 4) is 6.07 Å². The highest BCUT2D eigenvalue weighted by molar-refractivity contribution is 5.95. The molecule has 1 aromatic heterocycles. The second-order valence-electron chi connectivity index (χ2n) is 13.9. The van der Waals surface area contributed by atoms with E-state index in [1.807, 2.05) is 38.1 Å². The molecule has 6 rings (SSSR count). The van der Waals surface area contributed by atoms with Gasteiger partial charge in [0, 0.05) is 45.4 Å². The third-order valence-corrected chi connectivity index (χ3v) is 10.0. The number of carbonyl (C=O) groups excluding carboxylic acids is 3. The van der Waals surface area contributed by atoms with Crippen molar-refractivity contribution in [3.05, 3.63) is 86.2 Å². The Labute approximate surface area is 280 Å². The number of piperidine rings is 1. The molecular weight excluding hydrogens is 610 g/mol. The molecule has 1 saturated heterocycles. The zero-order valence-corrected chi connectivity index (χ0v) is 28.4. The van der Waals surface area contributed by atoms with Gasteiger partial charge in [-0.2, -0.15) is 15.0 Å². The van der Waals surface area contributed by atoms with Gasteiger partial charge in [0.1, 0.15) is 6.04 Å². The lowest BCUT2D eigenvalue weighted by atomic mass is 9.69. The van der Waals surface area contributed by atoms with Crippen LogP contribution in [0, 0.1) is 17.2 Å². The highest BCUT2D eigenvalue weighted by atomic mass is 16.5. The van der Waals surface area contributed by atoms with E-state index in [0.717, 1.165) is 35.1 Å². The Morgan fingerprint density at radius 3 is 2.10 bits per heavy atom. The third kappa shape index (κ3) is 5.70. The average Bonchev–Trinajstić information content (AvgIpc) is 3.59. The highest BCUT2D eigenvalue weighted by Gasteiger charge is 2.54. The molecule has 3 aromatic rings. The van der Waals surface area contributed by atoms with Crippen LogP contribution in [0.3, 0.4) is 0 Å². The summed E-state index contributed by atoms with van der Waals surface area (Å²) in [7, 11) is 6.86. The largest absolute Gasteiger partial charge is 0.459 e. The molecule has 48 heavy (non-hydrogen) atoms. The highest BCUT2D eigenvalue weighted by Crippen LogP contribution is 2.48. The van der Waals surface area contributed by atoms with Gasteiger partial charge in [-0.25, -0.2) is 4.79 Å². The van der Waals surface area contributed by atoms with Gasteiger partial charge in [-0.05, 0) is 105 Å². The molecule has 0 spiro atoms. The number of aromatic nitrogens is 2. The molecule has 3 amide bonds. The summed E-state index contributed by atoms with van der Waals surface area (Å²) in [6.45, 7) is 4.27. The van der Waals surface area contributed by atoms with Gasteiger partial charge < -0.3 is 24.5 Å². The number of aryl methyl sites for hydroxylation is 2. The number of likely N-dealkylation sites (tertiary alicyclic amines) is 1. The molecular formula is C36H43N7O5. The van der Waals surface area contributed by atoms with E-state index in [2.05, 4.69) is 16.4 Å². The molecule has 1 aliphatic heterocycles. The molecule has 2 aliphatic carbocycles. The number of hydrogen-bond acceptors (Lipinski definition) is 8. The van der Waals surface area contributed by atoms with Crippen LogP contribution >= 0.6 is 0 Å². The SMILES string of the molecule is CC(C)n1oc(=O)nc1C1(CCNCC(=O)N2[C@H](C#N)C[C@@H]3C[C@@H]32)c2ccc(C(=O)N(C)C)cc2CCc2cc(C(=O)N(C)C)ccc21. The number of nitrogens with one attached hydrogen (secondary N) is 1. The fourth-order valence-corrected chi connectivity index (χ4v) is 7.66. The Morgan fingerprint density at radius 2 is 1.58 bits per heavy atom. The number of benzene rings is 2. The molecule has 1 N–H and O–H groups in total. The standard InChI is InChI=1S/C36H43N7O5/c1-21(2)43-34(39-35(47)48-43)36(13-14-38-20-31(44)42-27(19-37)17-26-18-30(26)42)28-11-9-24(32(45)40(3)4)15-22(28)7-8-23-16-25(10-12-29(23)36)33(46)41(5)6/h9-12,15-16,21,26-27,30,38H,7-8,13-14,17-18,20H2,1-6H3/t26-,27+,30+/m1/s1. The predicted molar refractivity (Wildman–Crippen MR) is 178 cm³/mol. The predicted octanol–water partition coefficient (Wildman–Crippen LogP) is 2.75. The minimum Gasteiger partial charge on any atom is -0.345 e. The maximum absolute atomic E-state index is 13.3. The molecule has 1 saturated carbocycles. The van der Waals surface area contributed by atoms with Crippen molar-refractivity contribution < 1.29 is 18.9 Å². The molecule has 3 atom stereocenters. The van der Waals surface area contributed by atoms with Gasteiger partial charge in [0.15, 0.2) is 5.82 Å². The molecule has 0 radical (unpaired) electrons. The van der Waals surface area contributed by atoms with E-state index in [-0.39, 0.29) is 42.4 Å². The number of carbonyl (C=O) groups is 3. The minimum atomic E-state index is -1.04. The summed E-state index contributed by atoms with van der Waals surface area (Å²) in [5, 5.41) is 13.0. The van der Waals surface area contributed by atoms with Gasteiger partial charge in [0.25, 0.3) is 11.8 Å². The van der Waals surface area contributed by atoms with Crippen molar-refractivity contribution in [1.29, 1.82) is 5.26 Å². The maximum atomic E-state index is 13.3. The first-order chi connectivity index (χ1) is 22.9. The zero-order chi connectivity index (χ0) is 34.5. The molecule has 12 heteroatoms. The van der Waals surface area contributed by atoms with Crippen LogP contribution in [0.15, 0.2) is 45.7 Å². The van der Waals surface area contributed by atoms with Crippen molar-refractivity contribution in [2.75, 3.05) is 41.3 Å². The Bertz CT molecular complexity index is 1790. The Balaban J connectivity index is 1.48. The van der Waals surface area contributed by atoms with Crippen LogP contribution in [-0.4, -0.2) is 95.5 Å². The van der Waals surface area contributed by atoms with Crippen LogP contribution in [0.25, 0.3) is 0 Å². The van der Waals surface area contributed by atoms with E-state index in [4.69, 9.17) is 4.52 Å². The van der Waals surface area contributed by atoms with E-state index < -0.39 is 11.2 Å². The summed E-state index contributed by atoms with van der Waals surface area (Å²) < 4.78 is 7.24. The fraction of sp³-hybridized carbons (Fsp3) is 0.500. The first kappa shape index (κ1) is 33.2. The lowest BCUT2D eigenvalue weighted by Crippen LogP contribution is -2.44. The Morgan fingerprint density at radius 1 is 1.00 bits per heavy atom. The molecule has 12 nitrogen and oxygen atoms in total. The molecule has 2 fully saturated rings. The van der Waals surface area contributed by atoms with Gasteiger partial charge >= 0.3 is 5.76 Å². The minimum absolute atomic E-state index is 0.0690. The smallest absolute Gasteiger partial charge is 0.345 e. The Hall–Kier alpha value is -4.76. The van der Waals surface area contributed by atoms with Gasteiger partial charge in [-0.3, -0.25) is 14.4 Å². The second kappa shape index (κ2) is 12.7. The molecule has 3 aliphatic rings. The molecule has 0 bridgehead atoms. The summed E-state index contributed by atoms with van der Waals surface area (Å²) >= 11 is 0. The van der Waals surface area contributed by atoms with Crippen LogP contribution in [0.1, 0.15) is 87.9 Å². The quantitative estimate of drug-likeness (QED) is 0.347. The third-order valence-electron chi connectivity index (χ3n) is 10.0. The number of nitrogens with zero attached hydrogens (tertiary/aromatic N) is 6. The summed E-state index contributed by atoms with van der Waals surface area (Å²) in [4.78, 5) is 61.8. The lowest BCUT2D eigenvalue weighted by Gasteiger charge is -2.36. The fourth-order valence-electron chi connectivity index (χ4n) is 7.66. The zero-order valence-electron chi connectivity index (χ0n) is 28.4. The van der Waals surface area contributed by atoms with E-state index >= 15 is 0 Å². The first-order valence-electron chi connectivity index (χ1n) is 16.6. The summed E-state index contributed by atoms with van der Waals surface area (Å²) in [5.41, 5.74) is 3.65. The maximum Gasteiger partial charge on any atom is 0.459 e. The van der Waals surface area contributed by atoms with Gasteiger partial charge in [0.2, 0.25) is 5.91 Å². The van der Waals surface area contributed by atoms with Crippen LogP contribution in [-0.2, 0) is 23.1 Å². The van der Waals surface area contributed by atoms with Crippen molar-refractivity contribution in [2.45, 2.75) is 69.5 Å². The number of amides is 3. The number of hydrogen-bond donors (Lipinski definition) is 1. The van der Waals surface area contributed by atoms with Gasteiger partial charge in [0.05, 0.1) is 24.1 Å². The van der Waals surface area contributed by atoms with Gasteiger partial charge in [-0.15, -0.1) is 0 Å². The Kier molecular flexibility index (Phi) is 8.76. The first-order valence-corrected chi connectivity index (χ1v) is 16.6. The van der Waals surface area contributed by atoms with Crippen molar-refractivity contribution in [2.24, 2.45) is 5.92 Å². The summed E-state index contributed by atoms with van der Waals surface area (Å²) in [6.07, 6.45) is 3.24. The van der Waals surface area contributed by atoms with Crippen LogP contribution in [0.5, 0.6) is 0 Å². The molecule has 2 aromatic carbocycles. The van der Waals surface area contributed by atoms with E-state index in [9.17, 15) is 24.4 Å². The number of rotatable bonds is 9. The topological polar surface area (TPSA) is 145 Å². The lowest BCUT2D eigenvalue weighted by molar-refractivity contribution is -0.131. The number of fused-ring (bicyclic) bond motifs is 3. The molecule has 252 valence electrons. The molecule has 0 unspecified atom stereocenters. The van der Waals surface area contributed by atoms with Crippen molar-refractivity contribution >= 4 is 17.7 Å². The van der Waals surface area contributed by atoms with Crippen molar-refractivity contribution in [3.63, 3.8) is 0 Å². The van der Waals surface area contributed by atoms with Gasteiger partial charge in [-0.1, -0.05) is 12.1 Å². The molecule has 2 heterocycles. The number of nitriles is 1. The van der Waals surface area contributed by atoms with E-state index in [1.54, 1.807) is 50.0 Å². The van der Waals surface area contributed by atoms with E-state index in [0.29, 0.717) is 48.7 Å².